The smallest absolute Gasteiger partial charge is 0.387 e. The molecule has 0 aliphatic rings. The quantitative estimate of drug-likeness (QED) is 0.599. The molecule has 0 radical (unpaired) electrons. The molecule has 0 amide bonds. The Labute approximate surface area is 135 Å². The van der Waals surface area contributed by atoms with Crippen LogP contribution in [0.2, 0.25) is 32.7 Å². The van der Waals surface area contributed by atoms with E-state index in [0.29, 0.717) is 0 Å². The Balaban J connectivity index is 3.11. The van der Waals surface area contributed by atoms with Crippen molar-refractivity contribution in [3.05, 3.63) is 43.0 Å². The molecule has 1 unspecified atom stereocenters. The topological polar surface area (TPSA) is 65.0 Å². The Kier molecular flexibility index (Phi) is 6.07. The van der Waals surface area contributed by atoms with Crippen molar-refractivity contribution in [1.82, 2.24) is 0 Å². The van der Waals surface area contributed by atoms with Gasteiger partial charge in [-0.15, -0.1) is 0 Å². The van der Waals surface area contributed by atoms with Gasteiger partial charge in [0.25, 0.3) is 0 Å². The predicted molar refractivity (Wildman–Crippen MR) is 93.3 cm³/mol. The summed E-state index contributed by atoms with van der Waals surface area (Å²) in [6.07, 6.45) is 1.12. The van der Waals surface area contributed by atoms with E-state index in [2.05, 4.69) is 6.58 Å². The van der Waals surface area contributed by atoms with E-state index in [1.165, 1.54) is 0 Å². The first-order valence-corrected chi connectivity index (χ1v) is 15.0. The lowest BCUT2D eigenvalue weighted by molar-refractivity contribution is -0.130. The summed E-state index contributed by atoms with van der Waals surface area (Å²) in [5.74, 6) is -0.512. The second kappa shape index (κ2) is 7.03. The summed E-state index contributed by atoms with van der Waals surface area (Å²) in [6.45, 7) is 12.2. The molecule has 1 atom stereocenters. The molecule has 1 rings (SSSR count). The third-order valence-corrected chi connectivity index (χ3v) is 11.9. The summed E-state index contributed by atoms with van der Waals surface area (Å²) in [4.78, 5) is 21.7. The Hall–Kier alpha value is -1.04. The van der Waals surface area contributed by atoms with Gasteiger partial charge in [-0.25, -0.2) is 4.79 Å². The lowest BCUT2D eigenvalue weighted by Gasteiger charge is -2.37. The van der Waals surface area contributed by atoms with Crippen LogP contribution < -0.4 is 5.19 Å². The van der Waals surface area contributed by atoms with E-state index in [-0.39, 0.29) is 0 Å². The molecule has 0 fully saturated rings. The van der Waals surface area contributed by atoms with Crippen LogP contribution in [-0.4, -0.2) is 36.4 Å². The van der Waals surface area contributed by atoms with Crippen LogP contribution in [0.1, 0.15) is 0 Å². The molecule has 0 bridgehead atoms. The van der Waals surface area contributed by atoms with Gasteiger partial charge in [-0.05, 0) is 37.9 Å². The fourth-order valence-electron chi connectivity index (χ4n) is 2.13. The van der Waals surface area contributed by atoms with Crippen LogP contribution >= 0.6 is 0 Å². The molecule has 0 aliphatic heterocycles. The summed E-state index contributed by atoms with van der Waals surface area (Å²) in [6, 6.07) is 9.51. The Morgan fingerprint density at radius 3 is 2.09 bits per heavy atom. The monoisotopic (exact) mass is 356 g/mol. The van der Waals surface area contributed by atoms with Crippen molar-refractivity contribution in [3.8, 4) is 0 Å². The highest BCUT2D eigenvalue weighted by Crippen LogP contribution is 2.20. The standard InChI is InChI=1S/C14H24O5Si3/c1-7-14(15)17-21(4,5)19-22(6,18-20(2,3)16)13-11-9-8-10-12-13/h7-12,16H,1H2,2-6H3. The third kappa shape index (κ3) is 5.99. The van der Waals surface area contributed by atoms with Gasteiger partial charge in [0.05, 0.1) is 0 Å². The molecule has 1 aromatic carbocycles. The van der Waals surface area contributed by atoms with Crippen molar-refractivity contribution in [3.63, 3.8) is 0 Å². The van der Waals surface area contributed by atoms with Crippen LogP contribution in [0.3, 0.4) is 0 Å². The SMILES string of the molecule is C=CC(=O)O[Si](C)(C)O[Si](C)(O[Si](C)(C)O)c1ccccc1. The average Bonchev–Trinajstić information content (AvgIpc) is 2.36. The van der Waals surface area contributed by atoms with Crippen LogP contribution in [0.4, 0.5) is 0 Å². The van der Waals surface area contributed by atoms with Crippen LogP contribution in [-0.2, 0) is 17.5 Å². The summed E-state index contributed by atoms with van der Waals surface area (Å²) < 4.78 is 17.6. The normalized spacial score (nSPS) is 15.0. The lowest BCUT2D eigenvalue weighted by Crippen LogP contribution is -2.62. The van der Waals surface area contributed by atoms with Gasteiger partial charge < -0.3 is 17.5 Å². The molecule has 1 N–H and O–H groups in total. The van der Waals surface area contributed by atoms with Crippen molar-refractivity contribution in [1.29, 1.82) is 0 Å². The van der Waals surface area contributed by atoms with Crippen LogP contribution in [0, 0.1) is 0 Å². The molecular formula is C14H24O5Si3. The second-order valence-corrected chi connectivity index (χ2v) is 16.0. The highest BCUT2D eigenvalue weighted by molar-refractivity contribution is 6.92. The van der Waals surface area contributed by atoms with Crippen LogP contribution in [0.5, 0.6) is 0 Å². The molecule has 0 saturated heterocycles. The first-order chi connectivity index (χ1) is 9.97. The second-order valence-electron chi connectivity index (χ2n) is 5.99. The fourth-order valence-corrected chi connectivity index (χ4v) is 12.7. The van der Waals surface area contributed by atoms with E-state index >= 15 is 0 Å². The maximum Gasteiger partial charge on any atom is 0.387 e. The van der Waals surface area contributed by atoms with E-state index < -0.39 is 31.7 Å². The molecule has 0 spiro atoms. The summed E-state index contributed by atoms with van der Waals surface area (Å²) in [5, 5.41) is 0.889. The first kappa shape index (κ1) is 19.0. The van der Waals surface area contributed by atoms with Crippen molar-refractivity contribution >= 4 is 36.8 Å². The molecule has 0 aromatic heterocycles. The van der Waals surface area contributed by atoms with Gasteiger partial charge in [-0.1, -0.05) is 36.9 Å². The predicted octanol–water partition coefficient (Wildman–Crippen LogP) is 2.12. The van der Waals surface area contributed by atoms with Gasteiger partial charge in [-0.3, -0.25) is 0 Å². The Bertz CT molecular complexity index is 527. The van der Waals surface area contributed by atoms with Crippen LogP contribution in [0.15, 0.2) is 43.0 Å². The van der Waals surface area contributed by atoms with Gasteiger partial charge in [-0.2, -0.15) is 0 Å². The Morgan fingerprint density at radius 1 is 1.09 bits per heavy atom. The minimum Gasteiger partial charge on any atom is -0.492 e. The number of rotatable bonds is 7. The third-order valence-electron chi connectivity index (χ3n) is 2.70. The maximum atomic E-state index is 11.5. The van der Waals surface area contributed by atoms with Crippen LogP contribution in [0.25, 0.3) is 0 Å². The number of hydrogen-bond acceptors (Lipinski definition) is 5. The highest BCUT2D eigenvalue weighted by atomic mass is 28.5. The van der Waals surface area contributed by atoms with Gasteiger partial charge in [0.2, 0.25) is 0 Å². The molecule has 122 valence electrons. The maximum absolute atomic E-state index is 11.5. The first-order valence-electron chi connectivity index (χ1n) is 7.01. The fraction of sp³-hybridized carbons (Fsp3) is 0.357. The molecule has 0 aliphatic carbocycles. The van der Waals surface area contributed by atoms with Gasteiger partial charge >= 0.3 is 31.7 Å². The van der Waals surface area contributed by atoms with E-state index in [1.54, 1.807) is 26.2 Å². The van der Waals surface area contributed by atoms with E-state index in [0.717, 1.165) is 11.3 Å². The Morgan fingerprint density at radius 2 is 1.64 bits per heavy atom. The number of benzene rings is 1. The molecule has 0 heterocycles. The number of carbonyl (C=O) groups excluding carboxylic acids is 1. The summed E-state index contributed by atoms with van der Waals surface area (Å²) in [5.41, 5.74) is 0. The molecule has 22 heavy (non-hydrogen) atoms. The lowest BCUT2D eigenvalue weighted by atomic mass is 10.4. The van der Waals surface area contributed by atoms with Crippen molar-refractivity contribution in [2.24, 2.45) is 0 Å². The van der Waals surface area contributed by atoms with E-state index in [9.17, 15) is 9.59 Å². The molecular weight excluding hydrogens is 332 g/mol. The molecule has 5 nitrogen and oxygen atoms in total. The zero-order valence-corrected chi connectivity index (χ0v) is 16.8. The highest BCUT2D eigenvalue weighted by Gasteiger charge is 2.46. The summed E-state index contributed by atoms with van der Waals surface area (Å²) in [7, 11) is -8.52. The van der Waals surface area contributed by atoms with Crippen molar-refractivity contribution < 1.29 is 22.2 Å². The largest absolute Gasteiger partial charge is 0.492 e. The van der Waals surface area contributed by atoms with Crippen molar-refractivity contribution in [2.75, 3.05) is 0 Å². The summed E-state index contributed by atoms with van der Waals surface area (Å²) >= 11 is 0. The van der Waals surface area contributed by atoms with Crippen molar-refractivity contribution in [2.45, 2.75) is 32.7 Å². The zero-order chi connectivity index (χ0) is 17.0. The number of carbonyl (C=O) groups is 1. The average molecular weight is 357 g/mol. The van der Waals surface area contributed by atoms with Gasteiger partial charge in [0, 0.05) is 6.08 Å². The number of hydrogen-bond donors (Lipinski definition) is 1. The minimum atomic E-state index is -2.91. The molecule has 0 saturated carbocycles. The van der Waals surface area contributed by atoms with Gasteiger partial charge in [0.1, 0.15) is 0 Å². The molecule has 8 heteroatoms. The van der Waals surface area contributed by atoms with E-state index in [1.807, 2.05) is 36.9 Å². The van der Waals surface area contributed by atoms with Gasteiger partial charge in [0.15, 0.2) is 0 Å². The minimum absolute atomic E-state index is 0.512. The van der Waals surface area contributed by atoms with E-state index in [4.69, 9.17) is 12.7 Å². The zero-order valence-electron chi connectivity index (χ0n) is 13.8. The molecule has 1 aromatic rings.